The van der Waals surface area contributed by atoms with E-state index in [1.807, 2.05) is 6.07 Å². The number of aryl methyl sites for hydroxylation is 1. The van der Waals surface area contributed by atoms with Gasteiger partial charge in [-0.2, -0.15) is 23.5 Å². The van der Waals surface area contributed by atoms with E-state index in [-0.39, 0.29) is 17.9 Å². The summed E-state index contributed by atoms with van der Waals surface area (Å²) in [6, 6.07) is 1.92. The number of hydrogen-bond acceptors (Lipinski definition) is 4. The quantitative estimate of drug-likeness (QED) is 0.845. The second-order valence-electron chi connectivity index (χ2n) is 4.26. The van der Waals surface area contributed by atoms with Crippen molar-refractivity contribution in [1.82, 2.24) is 10.2 Å². The topological polar surface area (TPSA) is 52.8 Å². The van der Waals surface area contributed by atoms with E-state index in [2.05, 4.69) is 10.2 Å². The van der Waals surface area contributed by atoms with E-state index in [0.29, 0.717) is 17.7 Å². The molecular formula is C12H15F3N4. The molecule has 0 unspecified atom stereocenters. The molecule has 0 aliphatic rings. The van der Waals surface area contributed by atoms with Crippen molar-refractivity contribution in [2.45, 2.75) is 33.4 Å². The molecule has 0 saturated carbocycles. The molecule has 0 spiro atoms. The van der Waals surface area contributed by atoms with Gasteiger partial charge >= 0.3 is 6.18 Å². The van der Waals surface area contributed by atoms with E-state index < -0.39 is 12.7 Å². The summed E-state index contributed by atoms with van der Waals surface area (Å²) in [4.78, 5) is 1.05. The van der Waals surface area contributed by atoms with Crippen LogP contribution in [0.1, 0.15) is 30.2 Å². The largest absolute Gasteiger partial charge is 0.405 e. The van der Waals surface area contributed by atoms with Crippen molar-refractivity contribution in [2.24, 2.45) is 0 Å². The molecule has 1 heterocycles. The van der Waals surface area contributed by atoms with Gasteiger partial charge in [0.25, 0.3) is 0 Å². The Morgan fingerprint density at radius 1 is 1.26 bits per heavy atom. The zero-order valence-corrected chi connectivity index (χ0v) is 11.0. The van der Waals surface area contributed by atoms with Gasteiger partial charge in [0.15, 0.2) is 5.82 Å². The molecule has 0 bridgehead atoms. The first-order valence-corrected chi connectivity index (χ1v) is 5.85. The van der Waals surface area contributed by atoms with Crippen LogP contribution in [0.4, 0.5) is 19.0 Å². The average molecular weight is 272 g/mol. The summed E-state index contributed by atoms with van der Waals surface area (Å²) in [5, 5.41) is 16.7. The molecule has 7 heteroatoms. The summed E-state index contributed by atoms with van der Waals surface area (Å²) in [5.41, 5.74) is 1.27. The molecule has 0 fully saturated rings. The maximum Gasteiger partial charge on any atom is 0.405 e. The fourth-order valence-corrected chi connectivity index (χ4v) is 1.70. The second kappa shape index (κ2) is 5.87. The van der Waals surface area contributed by atoms with Crippen LogP contribution in [0, 0.1) is 25.2 Å². The number of anilines is 1. The zero-order chi connectivity index (χ0) is 14.6. The van der Waals surface area contributed by atoms with E-state index in [9.17, 15) is 13.2 Å². The van der Waals surface area contributed by atoms with Gasteiger partial charge in [-0.05, 0) is 25.8 Å². The van der Waals surface area contributed by atoms with Gasteiger partial charge in [-0.15, -0.1) is 5.10 Å². The van der Waals surface area contributed by atoms with Crippen LogP contribution in [0.3, 0.4) is 0 Å². The first-order chi connectivity index (χ1) is 8.80. The Morgan fingerprint density at radius 2 is 1.89 bits per heavy atom. The maximum absolute atomic E-state index is 12.6. The Bertz CT molecular complexity index is 491. The van der Waals surface area contributed by atoms with Gasteiger partial charge < -0.3 is 4.90 Å². The Balaban J connectivity index is 3.24. The minimum absolute atomic E-state index is 0.00442. The first kappa shape index (κ1) is 15.2. The molecule has 0 radical (unpaired) electrons. The lowest BCUT2D eigenvalue weighted by Crippen LogP contribution is -2.36. The average Bonchev–Trinajstić information content (AvgIpc) is 2.30. The Morgan fingerprint density at radius 3 is 2.37 bits per heavy atom. The van der Waals surface area contributed by atoms with Crippen molar-refractivity contribution in [3.8, 4) is 6.07 Å². The van der Waals surface area contributed by atoms with Crippen LogP contribution in [0.5, 0.6) is 0 Å². The molecule has 4 nitrogen and oxygen atoms in total. The standard InChI is InChI=1S/C12H15F3N4/c1-4-5-19(7-12(13,14)15)11-10(6-16)8(2)9(3)17-18-11/h4-5,7H2,1-3H3. The predicted molar refractivity (Wildman–Crippen MR) is 64.8 cm³/mol. The number of nitrogens with zero attached hydrogens (tertiary/aromatic N) is 4. The zero-order valence-electron chi connectivity index (χ0n) is 11.0. The molecule has 0 amide bonds. The Labute approximate surface area is 109 Å². The van der Waals surface area contributed by atoms with Crippen LogP contribution in [0.2, 0.25) is 0 Å². The lowest BCUT2D eigenvalue weighted by atomic mass is 10.1. The molecule has 0 N–H and O–H groups in total. The van der Waals surface area contributed by atoms with E-state index in [0.717, 1.165) is 4.90 Å². The third kappa shape index (κ3) is 3.81. The molecular weight excluding hydrogens is 257 g/mol. The van der Waals surface area contributed by atoms with Gasteiger partial charge in [0.05, 0.1) is 5.69 Å². The smallest absolute Gasteiger partial charge is 0.345 e. The van der Waals surface area contributed by atoms with Gasteiger partial charge in [0.2, 0.25) is 0 Å². The summed E-state index contributed by atoms with van der Waals surface area (Å²) < 4.78 is 37.7. The molecule has 0 aromatic carbocycles. The van der Waals surface area contributed by atoms with E-state index in [4.69, 9.17) is 5.26 Å². The van der Waals surface area contributed by atoms with Crippen molar-refractivity contribution in [1.29, 1.82) is 5.26 Å². The molecule has 19 heavy (non-hydrogen) atoms. The summed E-state index contributed by atoms with van der Waals surface area (Å²) in [5.74, 6) is 0.00442. The van der Waals surface area contributed by atoms with Crippen LogP contribution in [-0.2, 0) is 0 Å². The highest BCUT2D eigenvalue weighted by molar-refractivity contribution is 5.57. The summed E-state index contributed by atoms with van der Waals surface area (Å²) >= 11 is 0. The molecule has 0 aliphatic carbocycles. The Hall–Kier alpha value is -1.84. The van der Waals surface area contributed by atoms with Crippen molar-refractivity contribution < 1.29 is 13.2 Å². The second-order valence-corrected chi connectivity index (χ2v) is 4.26. The van der Waals surface area contributed by atoms with Crippen LogP contribution in [-0.4, -0.2) is 29.5 Å². The predicted octanol–water partition coefficient (Wildman–Crippen LogP) is 2.74. The van der Waals surface area contributed by atoms with Gasteiger partial charge in [-0.1, -0.05) is 6.92 Å². The molecule has 0 atom stereocenters. The highest BCUT2D eigenvalue weighted by Crippen LogP contribution is 2.25. The molecule has 104 valence electrons. The van der Waals surface area contributed by atoms with Crippen LogP contribution in [0.25, 0.3) is 0 Å². The van der Waals surface area contributed by atoms with E-state index in [1.165, 1.54) is 0 Å². The number of rotatable bonds is 4. The van der Waals surface area contributed by atoms with Gasteiger partial charge in [-0.3, -0.25) is 0 Å². The lowest BCUT2D eigenvalue weighted by Gasteiger charge is -2.25. The summed E-state index contributed by atoms with van der Waals surface area (Å²) in [6.07, 6.45) is -3.82. The van der Waals surface area contributed by atoms with Gasteiger partial charge in [-0.25, -0.2) is 0 Å². The lowest BCUT2D eigenvalue weighted by molar-refractivity contribution is -0.119. The highest BCUT2D eigenvalue weighted by atomic mass is 19.4. The van der Waals surface area contributed by atoms with Crippen molar-refractivity contribution in [3.63, 3.8) is 0 Å². The monoisotopic (exact) mass is 272 g/mol. The third-order valence-electron chi connectivity index (χ3n) is 2.71. The van der Waals surface area contributed by atoms with Crippen LogP contribution in [0.15, 0.2) is 0 Å². The summed E-state index contributed by atoms with van der Waals surface area (Å²) in [6.45, 7) is 4.13. The minimum atomic E-state index is -4.34. The van der Waals surface area contributed by atoms with Crippen molar-refractivity contribution in [2.75, 3.05) is 18.0 Å². The minimum Gasteiger partial charge on any atom is -0.345 e. The van der Waals surface area contributed by atoms with Crippen molar-refractivity contribution >= 4 is 5.82 Å². The number of nitriles is 1. The molecule has 0 aliphatic heterocycles. The highest BCUT2D eigenvalue weighted by Gasteiger charge is 2.32. The van der Waals surface area contributed by atoms with E-state index >= 15 is 0 Å². The SMILES string of the molecule is CCCN(CC(F)(F)F)c1nnc(C)c(C)c1C#N. The van der Waals surface area contributed by atoms with Gasteiger partial charge in [0.1, 0.15) is 18.2 Å². The number of aromatic nitrogens is 2. The van der Waals surface area contributed by atoms with E-state index in [1.54, 1.807) is 20.8 Å². The maximum atomic E-state index is 12.6. The normalized spacial score (nSPS) is 11.2. The summed E-state index contributed by atoms with van der Waals surface area (Å²) in [7, 11) is 0. The third-order valence-corrected chi connectivity index (χ3v) is 2.71. The number of hydrogen-bond donors (Lipinski definition) is 0. The molecule has 0 saturated heterocycles. The number of alkyl halides is 3. The van der Waals surface area contributed by atoms with Gasteiger partial charge in [0, 0.05) is 6.54 Å². The van der Waals surface area contributed by atoms with Crippen LogP contribution >= 0.6 is 0 Å². The molecule has 1 aromatic rings. The van der Waals surface area contributed by atoms with Crippen molar-refractivity contribution in [3.05, 3.63) is 16.8 Å². The molecule has 1 aromatic heterocycles. The molecule has 1 rings (SSSR count). The Kier molecular flexibility index (Phi) is 4.70. The van der Waals surface area contributed by atoms with Crippen LogP contribution < -0.4 is 4.90 Å². The fourth-order valence-electron chi connectivity index (χ4n) is 1.70. The number of halogens is 3. The first-order valence-electron chi connectivity index (χ1n) is 5.85. The fraction of sp³-hybridized carbons (Fsp3) is 0.583.